The van der Waals surface area contributed by atoms with E-state index in [1.807, 2.05) is 6.07 Å². The van der Waals surface area contributed by atoms with Gasteiger partial charge in [-0.05, 0) is 19.1 Å². The van der Waals surface area contributed by atoms with Crippen LogP contribution in [0.5, 0.6) is 0 Å². The maximum atomic E-state index is 12.8. The lowest BCUT2D eigenvalue weighted by molar-refractivity contribution is -0.181. The fraction of sp³-hybridized carbons (Fsp3) is 0.400. The highest BCUT2D eigenvalue weighted by Gasteiger charge is 2.41. The number of ether oxygens (including phenoxy) is 2. The summed E-state index contributed by atoms with van der Waals surface area (Å²) in [5.41, 5.74) is 1.65. The summed E-state index contributed by atoms with van der Waals surface area (Å²) in [6, 6.07) is 8.75. The molecule has 2 aliphatic rings. The highest BCUT2D eigenvalue weighted by atomic mass is 16.7. The van der Waals surface area contributed by atoms with Gasteiger partial charge in [-0.1, -0.05) is 12.1 Å². The van der Waals surface area contributed by atoms with E-state index in [9.17, 15) is 9.59 Å². The van der Waals surface area contributed by atoms with Crippen LogP contribution >= 0.6 is 0 Å². The van der Waals surface area contributed by atoms with E-state index in [-0.39, 0.29) is 11.7 Å². The molecule has 8 nitrogen and oxygen atoms in total. The van der Waals surface area contributed by atoms with Gasteiger partial charge in [-0.2, -0.15) is 0 Å². The van der Waals surface area contributed by atoms with E-state index in [1.54, 1.807) is 29.2 Å². The van der Waals surface area contributed by atoms with Crippen molar-refractivity contribution in [2.75, 3.05) is 31.6 Å². The zero-order chi connectivity index (χ0) is 19.6. The number of likely N-dealkylation sites (tertiary alicyclic amines) is 1. The number of hydrogen-bond donors (Lipinski definition) is 1. The van der Waals surface area contributed by atoms with Crippen molar-refractivity contribution in [1.82, 2.24) is 14.9 Å². The second-order valence-corrected chi connectivity index (χ2v) is 6.95. The molecule has 2 fully saturated rings. The van der Waals surface area contributed by atoms with Crippen molar-refractivity contribution in [2.24, 2.45) is 0 Å². The number of hydrogen-bond acceptors (Lipinski definition) is 7. The molecule has 0 aliphatic carbocycles. The van der Waals surface area contributed by atoms with Crippen LogP contribution in [0.3, 0.4) is 0 Å². The molecule has 4 rings (SSSR count). The number of Topliss-reactive ketones (excluding diaryl/α,β-unsaturated/α-hetero) is 1. The van der Waals surface area contributed by atoms with Crippen LogP contribution in [0.15, 0.2) is 36.7 Å². The molecule has 0 bridgehead atoms. The molecule has 2 aliphatic heterocycles. The van der Waals surface area contributed by atoms with E-state index >= 15 is 0 Å². The number of anilines is 2. The van der Waals surface area contributed by atoms with Gasteiger partial charge in [0.15, 0.2) is 11.6 Å². The number of carbonyl (C=O) groups is 2. The van der Waals surface area contributed by atoms with Gasteiger partial charge in [0.2, 0.25) is 0 Å². The first kappa shape index (κ1) is 18.5. The smallest absolute Gasteiger partial charge is 0.272 e. The fourth-order valence-corrected chi connectivity index (χ4v) is 3.50. The predicted molar refractivity (Wildman–Crippen MR) is 102 cm³/mol. The van der Waals surface area contributed by atoms with Crippen molar-refractivity contribution in [3.8, 4) is 0 Å². The van der Waals surface area contributed by atoms with Crippen LogP contribution in [0.2, 0.25) is 0 Å². The Balaban J connectivity index is 1.44. The number of ketones is 1. The lowest BCUT2D eigenvalue weighted by Crippen LogP contribution is -2.47. The molecule has 1 amide bonds. The molecule has 3 heterocycles. The minimum atomic E-state index is -0.517. The van der Waals surface area contributed by atoms with Gasteiger partial charge in [0.25, 0.3) is 5.91 Å². The monoisotopic (exact) mass is 382 g/mol. The predicted octanol–water partition coefficient (Wildman–Crippen LogP) is 2.40. The molecule has 1 aromatic heterocycles. The maximum Gasteiger partial charge on any atom is 0.272 e. The molecule has 146 valence electrons. The number of amides is 1. The van der Waals surface area contributed by atoms with Gasteiger partial charge in [0, 0.05) is 43.2 Å². The average Bonchev–Trinajstić information content (AvgIpc) is 3.16. The molecular weight excluding hydrogens is 360 g/mol. The Morgan fingerprint density at radius 3 is 2.57 bits per heavy atom. The number of piperidine rings is 1. The van der Waals surface area contributed by atoms with Crippen molar-refractivity contribution in [3.63, 3.8) is 0 Å². The zero-order valence-corrected chi connectivity index (χ0v) is 15.7. The SMILES string of the molecule is CC(=O)c1cccc(Nc2cc(C(=O)N3CCC4(CC3)OCCO4)ncn2)c1. The molecule has 1 aromatic carbocycles. The summed E-state index contributed by atoms with van der Waals surface area (Å²) in [6.07, 6.45) is 2.68. The molecule has 0 saturated carbocycles. The molecule has 2 saturated heterocycles. The summed E-state index contributed by atoms with van der Waals surface area (Å²) in [5, 5.41) is 3.12. The minimum Gasteiger partial charge on any atom is -0.347 e. The van der Waals surface area contributed by atoms with Gasteiger partial charge >= 0.3 is 0 Å². The van der Waals surface area contributed by atoms with Crippen LogP contribution in [-0.4, -0.2) is 58.6 Å². The van der Waals surface area contributed by atoms with Gasteiger partial charge in [-0.3, -0.25) is 9.59 Å². The topological polar surface area (TPSA) is 93.7 Å². The molecule has 1 spiro atoms. The summed E-state index contributed by atoms with van der Waals surface area (Å²) in [4.78, 5) is 34.4. The Hall–Kier alpha value is -2.84. The Kier molecular flexibility index (Phi) is 5.06. The summed E-state index contributed by atoms with van der Waals surface area (Å²) in [6.45, 7) is 3.86. The Bertz CT molecular complexity index is 885. The number of rotatable bonds is 4. The molecule has 1 N–H and O–H groups in total. The number of nitrogens with zero attached hydrogens (tertiary/aromatic N) is 3. The highest BCUT2D eigenvalue weighted by Crippen LogP contribution is 2.31. The largest absolute Gasteiger partial charge is 0.347 e. The second kappa shape index (κ2) is 7.65. The third kappa shape index (κ3) is 3.88. The first-order valence-electron chi connectivity index (χ1n) is 9.32. The van der Waals surface area contributed by atoms with E-state index in [0.29, 0.717) is 56.2 Å². The lowest BCUT2D eigenvalue weighted by Gasteiger charge is -2.37. The van der Waals surface area contributed by atoms with Crippen LogP contribution in [-0.2, 0) is 9.47 Å². The molecule has 0 radical (unpaired) electrons. The third-order valence-electron chi connectivity index (χ3n) is 5.05. The molecule has 0 atom stereocenters. The Morgan fingerprint density at radius 1 is 1.11 bits per heavy atom. The molecule has 8 heteroatoms. The Labute approximate surface area is 162 Å². The summed E-state index contributed by atoms with van der Waals surface area (Å²) < 4.78 is 11.4. The van der Waals surface area contributed by atoms with Crippen LogP contribution in [0, 0.1) is 0 Å². The number of nitrogens with one attached hydrogen (secondary N) is 1. The first-order chi connectivity index (χ1) is 13.5. The maximum absolute atomic E-state index is 12.8. The lowest BCUT2D eigenvalue weighted by atomic mass is 10.0. The molecule has 2 aromatic rings. The normalized spacial score (nSPS) is 18.2. The summed E-state index contributed by atoms with van der Waals surface area (Å²) in [7, 11) is 0. The van der Waals surface area contributed by atoms with Crippen molar-refractivity contribution in [2.45, 2.75) is 25.6 Å². The summed E-state index contributed by atoms with van der Waals surface area (Å²) >= 11 is 0. The second-order valence-electron chi connectivity index (χ2n) is 6.95. The van der Waals surface area contributed by atoms with E-state index < -0.39 is 5.79 Å². The van der Waals surface area contributed by atoms with Crippen LogP contribution < -0.4 is 5.32 Å². The fourth-order valence-electron chi connectivity index (χ4n) is 3.50. The van der Waals surface area contributed by atoms with Gasteiger partial charge in [-0.25, -0.2) is 9.97 Å². The molecule has 28 heavy (non-hydrogen) atoms. The van der Waals surface area contributed by atoms with Crippen LogP contribution in [0.25, 0.3) is 0 Å². The highest BCUT2D eigenvalue weighted by molar-refractivity contribution is 5.95. The van der Waals surface area contributed by atoms with Gasteiger partial charge in [0.1, 0.15) is 17.8 Å². The van der Waals surface area contributed by atoms with Gasteiger partial charge < -0.3 is 19.7 Å². The zero-order valence-electron chi connectivity index (χ0n) is 15.7. The van der Waals surface area contributed by atoms with E-state index in [0.717, 1.165) is 5.69 Å². The Morgan fingerprint density at radius 2 is 1.86 bits per heavy atom. The first-order valence-corrected chi connectivity index (χ1v) is 9.32. The number of carbonyl (C=O) groups excluding carboxylic acids is 2. The van der Waals surface area contributed by atoms with Gasteiger partial charge in [-0.15, -0.1) is 0 Å². The van der Waals surface area contributed by atoms with E-state index in [4.69, 9.17) is 9.47 Å². The number of benzene rings is 1. The van der Waals surface area contributed by atoms with Crippen LogP contribution in [0.4, 0.5) is 11.5 Å². The summed E-state index contributed by atoms with van der Waals surface area (Å²) in [5.74, 6) is -0.178. The quantitative estimate of drug-likeness (QED) is 0.812. The van der Waals surface area contributed by atoms with Crippen molar-refractivity contribution in [3.05, 3.63) is 47.9 Å². The molecule has 0 unspecified atom stereocenters. The minimum absolute atomic E-state index is 0.0136. The molecular formula is C20H22N4O4. The average molecular weight is 382 g/mol. The van der Waals surface area contributed by atoms with Gasteiger partial charge in [0.05, 0.1) is 13.2 Å². The van der Waals surface area contributed by atoms with Crippen LogP contribution in [0.1, 0.15) is 40.6 Å². The number of aromatic nitrogens is 2. The van der Waals surface area contributed by atoms with E-state index in [1.165, 1.54) is 13.3 Å². The van der Waals surface area contributed by atoms with Crippen molar-refractivity contribution >= 4 is 23.2 Å². The van der Waals surface area contributed by atoms with Crippen molar-refractivity contribution in [1.29, 1.82) is 0 Å². The van der Waals surface area contributed by atoms with Crippen molar-refractivity contribution < 1.29 is 19.1 Å². The standard InChI is InChI=1S/C20H22N4O4/c1-14(25)15-3-2-4-16(11-15)23-18-12-17(21-13-22-18)19(26)24-7-5-20(6-8-24)27-9-10-28-20/h2-4,11-13H,5-10H2,1H3,(H,21,22,23). The van der Waals surface area contributed by atoms with E-state index in [2.05, 4.69) is 15.3 Å². The third-order valence-corrected chi connectivity index (χ3v) is 5.05.